The first kappa shape index (κ1) is 13.7. The molecule has 1 heterocycles. The number of aryl methyl sites for hydroxylation is 1. The van der Waals surface area contributed by atoms with Crippen LogP contribution in [0.3, 0.4) is 0 Å². The molecule has 1 aromatic heterocycles. The maximum absolute atomic E-state index is 13.2. The van der Waals surface area contributed by atoms with Gasteiger partial charge in [-0.1, -0.05) is 0 Å². The van der Waals surface area contributed by atoms with Crippen LogP contribution in [0, 0.1) is 12.7 Å². The second-order valence-electron chi connectivity index (χ2n) is 3.78. The van der Waals surface area contributed by atoms with Gasteiger partial charge in [-0.15, -0.1) is 0 Å². The van der Waals surface area contributed by atoms with Crippen molar-refractivity contribution in [3.8, 4) is 11.5 Å². The van der Waals surface area contributed by atoms with Gasteiger partial charge in [0.2, 0.25) is 11.7 Å². The highest BCUT2D eigenvalue weighted by atomic mass is 79.9. The van der Waals surface area contributed by atoms with Gasteiger partial charge in [0.25, 0.3) is 0 Å². The smallest absolute Gasteiger partial charge is 0.376 e. The molecular weight excluding hydrogens is 317 g/mol. The molecular formula is C13H11BrFNO3. The van der Waals surface area contributed by atoms with Gasteiger partial charge in [0, 0.05) is 5.56 Å². The molecule has 0 amide bonds. The van der Waals surface area contributed by atoms with Crippen LogP contribution in [0.4, 0.5) is 4.39 Å². The zero-order valence-corrected chi connectivity index (χ0v) is 12.0. The highest BCUT2D eigenvalue weighted by Gasteiger charge is 2.19. The van der Waals surface area contributed by atoms with Crippen molar-refractivity contribution in [2.75, 3.05) is 6.61 Å². The lowest BCUT2D eigenvalue weighted by Crippen LogP contribution is -2.04. The Kier molecular flexibility index (Phi) is 3.99. The van der Waals surface area contributed by atoms with Crippen molar-refractivity contribution in [1.82, 2.24) is 4.98 Å². The predicted octanol–water partition coefficient (Wildman–Crippen LogP) is 3.73. The van der Waals surface area contributed by atoms with Crippen molar-refractivity contribution in [3.05, 3.63) is 39.9 Å². The van der Waals surface area contributed by atoms with Gasteiger partial charge in [0.05, 0.1) is 16.8 Å². The number of ether oxygens (including phenoxy) is 1. The van der Waals surface area contributed by atoms with Gasteiger partial charge >= 0.3 is 5.97 Å². The molecule has 0 radical (unpaired) electrons. The van der Waals surface area contributed by atoms with Crippen molar-refractivity contribution in [3.63, 3.8) is 0 Å². The molecule has 1 aromatic carbocycles. The minimum Gasteiger partial charge on any atom is -0.460 e. The third kappa shape index (κ3) is 2.84. The van der Waals surface area contributed by atoms with Crippen LogP contribution >= 0.6 is 15.9 Å². The van der Waals surface area contributed by atoms with E-state index in [1.54, 1.807) is 13.8 Å². The number of rotatable bonds is 3. The largest absolute Gasteiger partial charge is 0.460 e. The Bertz CT molecular complexity index is 624. The Hall–Kier alpha value is -1.69. The van der Waals surface area contributed by atoms with E-state index in [2.05, 4.69) is 20.9 Å². The molecule has 0 unspecified atom stereocenters. The van der Waals surface area contributed by atoms with Gasteiger partial charge in [-0.2, -0.15) is 0 Å². The number of carbonyl (C=O) groups is 1. The second-order valence-corrected chi connectivity index (χ2v) is 4.64. The standard InChI is InChI=1S/C13H11BrFNO3/c1-3-18-13(17)11-7(2)16-12(19-11)8-4-5-10(15)9(14)6-8/h4-6H,3H2,1-2H3. The first-order valence-corrected chi connectivity index (χ1v) is 6.42. The lowest BCUT2D eigenvalue weighted by molar-refractivity contribution is 0.0490. The van der Waals surface area contributed by atoms with Crippen molar-refractivity contribution < 1.29 is 18.3 Å². The lowest BCUT2D eigenvalue weighted by Gasteiger charge is -1.99. The number of hydrogen-bond donors (Lipinski definition) is 0. The number of esters is 1. The summed E-state index contributed by atoms with van der Waals surface area (Å²) in [5, 5.41) is 0. The first-order chi connectivity index (χ1) is 9.02. The molecule has 0 fully saturated rings. The van der Waals surface area contributed by atoms with Gasteiger partial charge in [0.15, 0.2) is 0 Å². The molecule has 0 aliphatic rings. The molecule has 0 bridgehead atoms. The third-order valence-electron chi connectivity index (χ3n) is 2.42. The van der Waals surface area contributed by atoms with Crippen molar-refractivity contribution in [2.45, 2.75) is 13.8 Å². The average molecular weight is 328 g/mol. The minimum absolute atomic E-state index is 0.0669. The summed E-state index contributed by atoms with van der Waals surface area (Å²) in [6.45, 7) is 3.62. The van der Waals surface area contributed by atoms with E-state index in [1.807, 2.05) is 0 Å². The van der Waals surface area contributed by atoms with E-state index in [0.29, 0.717) is 15.7 Å². The number of nitrogens with zero attached hydrogens (tertiary/aromatic N) is 1. The van der Waals surface area contributed by atoms with Crippen molar-refractivity contribution in [1.29, 1.82) is 0 Å². The Morgan fingerprint density at radius 2 is 2.26 bits per heavy atom. The second kappa shape index (κ2) is 5.52. The molecule has 0 N–H and O–H groups in total. The van der Waals surface area contributed by atoms with Crippen LogP contribution in [0.15, 0.2) is 27.1 Å². The number of carbonyl (C=O) groups excluding carboxylic acids is 1. The summed E-state index contributed by atoms with van der Waals surface area (Å²) in [5.41, 5.74) is 1.01. The Balaban J connectivity index is 2.38. The molecule has 0 saturated carbocycles. The lowest BCUT2D eigenvalue weighted by atomic mass is 10.2. The Labute approximate surface area is 117 Å². The summed E-state index contributed by atoms with van der Waals surface area (Å²) in [4.78, 5) is 15.8. The van der Waals surface area contributed by atoms with Crippen molar-refractivity contribution in [2.24, 2.45) is 0 Å². The van der Waals surface area contributed by atoms with Crippen LogP contribution in [-0.2, 0) is 4.74 Å². The minimum atomic E-state index is -0.556. The van der Waals surface area contributed by atoms with Gasteiger partial charge in [-0.25, -0.2) is 14.2 Å². The van der Waals surface area contributed by atoms with E-state index in [4.69, 9.17) is 9.15 Å². The van der Waals surface area contributed by atoms with Crippen LogP contribution < -0.4 is 0 Å². The highest BCUT2D eigenvalue weighted by molar-refractivity contribution is 9.10. The van der Waals surface area contributed by atoms with Crippen LogP contribution in [0.5, 0.6) is 0 Å². The van der Waals surface area contributed by atoms with E-state index in [9.17, 15) is 9.18 Å². The number of halogens is 2. The molecule has 0 aliphatic heterocycles. The molecule has 4 nitrogen and oxygen atoms in total. The maximum Gasteiger partial charge on any atom is 0.376 e. The van der Waals surface area contributed by atoms with Gasteiger partial charge in [-0.05, 0) is 48.0 Å². The number of aromatic nitrogens is 1. The van der Waals surface area contributed by atoms with E-state index in [0.717, 1.165) is 0 Å². The molecule has 2 rings (SSSR count). The molecule has 100 valence electrons. The third-order valence-corrected chi connectivity index (χ3v) is 3.03. The molecule has 0 saturated heterocycles. The van der Waals surface area contributed by atoms with Gasteiger partial charge in [-0.3, -0.25) is 0 Å². The topological polar surface area (TPSA) is 52.3 Å². The summed E-state index contributed by atoms with van der Waals surface area (Å²) >= 11 is 3.09. The Morgan fingerprint density at radius 1 is 1.53 bits per heavy atom. The molecule has 6 heteroatoms. The fourth-order valence-electron chi connectivity index (χ4n) is 1.54. The maximum atomic E-state index is 13.2. The highest BCUT2D eigenvalue weighted by Crippen LogP contribution is 2.26. The zero-order valence-electron chi connectivity index (χ0n) is 10.4. The number of oxazole rings is 1. The Morgan fingerprint density at radius 3 is 2.89 bits per heavy atom. The van der Waals surface area contributed by atoms with Crippen LogP contribution in [-0.4, -0.2) is 17.6 Å². The summed E-state index contributed by atoms with van der Waals surface area (Å²) < 4.78 is 23.7. The summed E-state index contributed by atoms with van der Waals surface area (Å²) in [6, 6.07) is 4.36. The summed E-state index contributed by atoms with van der Waals surface area (Å²) in [7, 11) is 0. The van der Waals surface area contributed by atoms with Gasteiger partial charge < -0.3 is 9.15 Å². The fourth-order valence-corrected chi connectivity index (χ4v) is 1.91. The predicted molar refractivity (Wildman–Crippen MR) is 70.3 cm³/mol. The zero-order chi connectivity index (χ0) is 14.0. The van der Waals surface area contributed by atoms with E-state index in [1.165, 1.54) is 18.2 Å². The molecule has 0 aliphatic carbocycles. The van der Waals surface area contributed by atoms with E-state index < -0.39 is 5.97 Å². The van der Waals surface area contributed by atoms with Gasteiger partial charge in [0.1, 0.15) is 5.82 Å². The number of benzene rings is 1. The number of hydrogen-bond acceptors (Lipinski definition) is 4. The quantitative estimate of drug-likeness (QED) is 0.806. The van der Waals surface area contributed by atoms with Crippen LogP contribution in [0.25, 0.3) is 11.5 Å². The monoisotopic (exact) mass is 327 g/mol. The fraction of sp³-hybridized carbons (Fsp3) is 0.231. The molecule has 19 heavy (non-hydrogen) atoms. The summed E-state index contributed by atoms with van der Waals surface area (Å²) in [6.07, 6.45) is 0. The molecule has 0 atom stereocenters. The van der Waals surface area contributed by atoms with Crippen LogP contribution in [0.1, 0.15) is 23.2 Å². The van der Waals surface area contributed by atoms with E-state index in [-0.39, 0.29) is 24.1 Å². The first-order valence-electron chi connectivity index (χ1n) is 5.63. The van der Waals surface area contributed by atoms with E-state index >= 15 is 0 Å². The molecule has 2 aromatic rings. The average Bonchev–Trinajstić information content (AvgIpc) is 2.75. The summed E-state index contributed by atoms with van der Waals surface area (Å²) in [5.74, 6) is -0.615. The molecule has 0 spiro atoms. The SMILES string of the molecule is CCOC(=O)c1oc(-c2ccc(F)c(Br)c2)nc1C. The normalized spacial score (nSPS) is 10.5. The van der Waals surface area contributed by atoms with Crippen molar-refractivity contribution >= 4 is 21.9 Å². The van der Waals surface area contributed by atoms with Crippen LogP contribution in [0.2, 0.25) is 0 Å².